The van der Waals surface area contributed by atoms with Crippen molar-refractivity contribution in [3.05, 3.63) is 29.5 Å². The lowest BCUT2D eigenvalue weighted by atomic mass is 10.1. The van der Waals surface area contributed by atoms with E-state index in [9.17, 15) is 15.0 Å². The minimum Gasteiger partial charge on any atom is -0.507 e. The van der Waals surface area contributed by atoms with Crippen molar-refractivity contribution in [3.63, 3.8) is 0 Å². The first-order valence-corrected chi connectivity index (χ1v) is 4.69. The smallest absolute Gasteiger partial charge is 0.374 e. The number of aromatic hydroxyl groups is 2. The minimum absolute atomic E-state index is 0.0569. The van der Waals surface area contributed by atoms with E-state index in [2.05, 4.69) is 9.68 Å². The summed E-state index contributed by atoms with van der Waals surface area (Å²) in [5.41, 5.74) is 0.0877. The van der Waals surface area contributed by atoms with Crippen LogP contribution in [0.2, 0.25) is 0 Å². The van der Waals surface area contributed by atoms with Crippen LogP contribution in [0.3, 0.4) is 0 Å². The average molecular weight is 246 g/mol. The molecule has 7 heteroatoms. The van der Waals surface area contributed by atoms with Crippen molar-refractivity contribution >= 4 is 5.97 Å². The molecule has 1 aromatic carbocycles. The highest BCUT2D eigenvalue weighted by atomic mass is 16.5. The number of phenols is 2. The average Bonchev–Trinajstić information content (AvgIpc) is 2.78. The van der Waals surface area contributed by atoms with Gasteiger partial charge in [0, 0.05) is 17.7 Å². The van der Waals surface area contributed by atoms with E-state index in [0.717, 1.165) is 12.1 Å². The van der Waals surface area contributed by atoms with Crippen molar-refractivity contribution < 1.29 is 24.6 Å². The van der Waals surface area contributed by atoms with Crippen LogP contribution in [0.25, 0.3) is 11.3 Å². The third-order valence-electron chi connectivity index (χ3n) is 2.23. The van der Waals surface area contributed by atoms with E-state index in [1.165, 1.54) is 6.07 Å². The molecule has 0 aliphatic heterocycles. The SMILES string of the molecule is N#Cc1cc(-c2cc(C(=O)O)on2)c(O)cc1O. The molecule has 2 aromatic rings. The molecule has 90 valence electrons. The number of carboxylic acids is 1. The molecule has 3 N–H and O–H groups in total. The highest BCUT2D eigenvalue weighted by Crippen LogP contribution is 2.34. The number of aromatic carboxylic acids is 1. The van der Waals surface area contributed by atoms with Crippen molar-refractivity contribution in [2.75, 3.05) is 0 Å². The molecule has 18 heavy (non-hydrogen) atoms. The second-order valence-corrected chi connectivity index (χ2v) is 3.38. The summed E-state index contributed by atoms with van der Waals surface area (Å²) >= 11 is 0. The van der Waals surface area contributed by atoms with Gasteiger partial charge in [-0.2, -0.15) is 5.26 Å². The first-order chi connectivity index (χ1) is 8.52. The summed E-state index contributed by atoms with van der Waals surface area (Å²) in [7, 11) is 0. The molecule has 0 aliphatic carbocycles. The Balaban J connectivity index is 2.56. The Bertz CT molecular complexity index is 669. The van der Waals surface area contributed by atoms with Crippen molar-refractivity contribution in [1.29, 1.82) is 5.26 Å². The van der Waals surface area contributed by atoms with E-state index in [4.69, 9.17) is 10.4 Å². The molecule has 0 spiro atoms. The largest absolute Gasteiger partial charge is 0.507 e. The van der Waals surface area contributed by atoms with Gasteiger partial charge in [-0.25, -0.2) is 4.79 Å². The van der Waals surface area contributed by atoms with Crippen LogP contribution in [0.4, 0.5) is 0 Å². The molecular weight excluding hydrogens is 240 g/mol. The van der Waals surface area contributed by atoms with Gasteiger partial charge in [0.05, 0.1) is 5.56 Å². The zero-order valence-corrected chi connectivity index (χ0v) is 8.78. The highest BCUT2D eigenvalue weighted by Gasteiger charge is 2.17. The Labute approximate surface area is 100 Å². The lowest BCUT2D eigenvalue weighted by Crippen LogP contribution is -1.91. The summed E-state index contributed by atoms with van der Waals surface area (Å²) < 4.78 is 4.53. The Kier molecular flexibility index (Phi) is 2.61. The molecule has 0 fully saturated rings. The highest BCUT2D eigenvalue weighted by molar-refractivity contribution is 5.86. The molecule has 0 radical (unpaired) electrons. The zero-order chi connectivity index (χ0) is 13.3. The molecule has 7 nitrogen and oxygen atoms in total. The summed E-state index contributed by atoms with van der Waals surface area (Å²) in [6.07, 6.45) is 0. The van der Waals surface area contributed by atoms with Gasteiger partial charge in [-0.1, -0.05) is 5.16 Å². The van der Waals surface area contributed by atoms with Crippen molar-refractivity contribution in [3.8, 4) is 28.8 Å². The number of hydrogen-bond acceptors (Lipinski definition) is 6. The van der Waals surface area contributed by atoms with Gasteiger partial charge in [0.25, 0.3) is 0 Å². The van der Waals surface area contributed by atoms with Crippen LogP contribution in [0, 0.1) is 11.3 Å². The van der Waals surface area contributed by atoms with Gasteiger partial charge in [0.15, 0.2) is 0 Å². The first kappa shape index (κ1) is 11.5. The van der Waals surface area contributed by atoms with Gasteiger partial charge in [-0.3, -0.25) is 0 Å². The molecule has 0 aliphatic rings. The molecule has 0 bridgehead atoms. The van der Waals surface area contributed by atoms with Crippen molar-refractivity contribution in [2.45, 2.75) is 0 Å². The van der Waals surface area contributed by atoms with Gasteiger partial charge in [0.1, 0.15) is 23.3 Å². The summed E-state index contributed by atoms with van der Waals surface area (Å²) in [5.74, 6) is -2.40. The summed E-state index contributed by atoms with van der Waals surface area (Å²) in [6, 6.07) is 5.00. The predicted octanol–water partition coefficient (Wildman–Crippen LogP) is 1.32. The number of benzene rings is 1. The van der Waals surface area contributed by atoms with Crippen LogP contribution in [0.1, 0.15) is 16.1 Å². The number of carbonyl (C=O) groups is 1. The van der Waals surface area contributed by atoms with E-state index in [1.54, 1.807) is 6.07 Å². The fourth-order valence-corrected chi connectivity index (χ4v) is 1.37. The van der Waals surface area contributed by atoms with E-state index < -0.39 is 11.7 Å². The molecule has 2 rings (SSSR count). The summed E-state index contributed by atoms with van der Waals surface area (Å²) in [6.45, 7) is 0. The van der Waals surface area contributed by atoms with Crippen LogP contribution in [0.15, 0.2) is 22.7 Å². The zero-order valence-electron chi connectivity index (χ0n) is 8.78. The minimum atomic E-state index is -1.30. The number of carboxylic acid groups (broad SMARTS) is 1. The van der Waals surface area contributed by atoms with Gasteiger partial charge >= 0.3 is 5.97 Å². The van der Waals surface area contributed by atoms with Crippen LogP contribution in [0.5, 0.6) is 11.5 Å². The Morgan fingerprint density at radius 2 is 2.00 bits per heavy atom. The topological polar surface area (TPSA) is 128 Å². The molecule has 0 atom stereocenters. The fraction of sp³-hybridized carbons (Fsp3) is 0. The first-order valence-electron chi connectivity index (χ1n) is 4.69. The van der Waals surface area contributed by atoms with Gasteiger partial charge in [-0.15, -0.1) is 0 Å². The van der Waals surface area contributed by atoms with Crippen LogP contribution in [-0.4, -0.2) is 26.4 Å². The number of aromatic nitrogens is 1. The molecule has 0 amide bonds. The molecule has 0 saturated carbocycles. The quantitative estimate of drug-likeness (QED) is 0.728. The third-order valence-corrected chi connectivity index (χ3v) is 2.23. The molecule has 1 heterocycles. The summed E-state index contributed by atoms with van der Waals surface area (Å²) in [4.78, 5) is 10.6. The molecule has 1 aromatic heterocycles. The number of hydrogen-bond donors (Lipinski definition) is 3. The Hall–Kier alpha value is -3.01. The maximum Gasteiger partial charge on any atom is 0.374 e. The molecular formula is C11H6N2O5. The number of nitriles is 1. The second-order valence-electron chi connectivity index (χ2n) is 3.38. The van der Waals surface area contributed by atoms with E-state index in [1.807, 2.05) is 0 Å². The Morgan fingerprint density at radius 3 is 2.56 bits per heavy atom. The van der Waals surface area contributed by atoms with Gasteiger partial charge in [-0.05, 0) is 6.07 Å². The predicted molar refractivity (Wildman–Crippen MR) is 56.9 cm³/mol. The van der Waals surface area contributed by atoms with E-state index >= 15 is 0 Å². The van der Waals surface area contributed by atoms with E-state index in [0.29, 0.717) is 0 Å². The lowest BCUT2D eigenvalue weighted by molar-refractivity contribution is 0.0652. The van der Waals surface area contributed by atoms with Crippen molar-refractivity contribution in [2.24, 2.45) is 0 Å². The van der Waals surface area contributed by atoms with Gasteiger partial charge in [0.2, 0.25) is 5.76 Å². The fourth-order valence-electron chi connectivity index (χ4n) is 1.37. The summed E-state index contributed by atoms with van der Waals surface area (Å²) in [5, 5.41) is 39.8. The van der Waals surface area contributed by atoms with Crippen LogP contribution in [-0.2, 0) is 0 Å². The van der Waals surface area contributed by atoms with Crippen LogP contribution < -0.4 is 0 Å². The maximum absolute atomic E-state index is 10.6. The lowest BCUT2D eigenvalue weighted by Gasteiger charge is -2.02. The molecule has 0 unspecified atom stereocenters. The third kappa shape index (κ3) is 1.82. The number of rotatable bonds is 2. The molecule has 0 saturated heterocycles. The van der Waals surface area contributed by atoms with Crippen molar-refractivity contribution in [1.82, 2.24) is 5.16 Å². The van der Waals surface area contributed by atoms with E-state index in [-0.39, 0.29) is 28.3 Å². The normalized spacial score (nSPS) is 9.94. The second kappa shape index (κ2) is 4.10. The standard InChI is InChI=1S/C11H6N2O5/c12-4-5-1-6(9(15)3-8(5)14)7-2-10(11(16)17)18-13-7/h1-3,14-15H,(H,16,17). The maximum atomic E-state index is 10.6. The number of nitrogens with zero attached hydrogens (tertiary/aromatic N) is 2. The Morgan fingerprint density at radius 1 is 1.28 bits per heavy atom. The monoisotopic (exact) mass is 246 g/mol. The number of phenolic OH excluding ortho intramolecular Hbond substituents is 2. The van der Waals surface area contributed by atoms with Crippen LogP contribution >= 0.6 is 0 Å². The van der Waals surface area contributed by atoms with Gasteiger partial charge < -0.3 is 19.8 Å².